The fourth-order valence-electron chi connectivity index (χ4n) is 4.86. The van der Waals surface area contributed by atoms with Gasteiger partial charge in [-0.15, -0.1) is 0 Å². The van der Waals surface area contributed by atoms with E-state index in [2.05, 4.69) is 97.9 Å². The van der Waals surface area contributed by atoms with Crippen molar-refractivity contribution in [3.8, 4) is 0 Å². The first-order valence-corrected chi connectivity index (χ1v) is 12.6. The van der Waals surface area contributed by atoms with Gasteiger partial charge in [0.05, 0.1) is 5.52 Å². The Hall–Kier alpha value is -2.37. The first kappa shape index (κ1) is 21.5. The second kappa shape index (κ2) is 9.63. The summed E-state index contributed by atoms with van der Waals surface area (Å²) in [6.07, 6.45) is 3.35. The lowest BCUT2D eigenvalue weighted by Gasteiger charge is -2.36. The number of halogens is 1. The lowest BCUT2D eigenvalue weighted by molar-refractivity contribution is 0.258. The number of anilines is 1. The second-order valence-electron chi connectivity index (χ2n) is 8.72. The van der Waals surface area contributed by atoms with Crippen LogP contribution in [-0.4, -0.2) is 47.2 Å². The largest absolute Gasteiger partial charge is 0.369 e. The molecule has 2 heterocycles. The molecule has 0 aliphatic carbocycles. The zero-order chi connectivity index (χ0) is 21.9. The monoisotopic (exact) mass is 490 g/mol. The number of aryl methyl sites for hydroxylation is 1. The van der Waals surface area contributed by atoms with Crippen LogP contribution < -0.4 is 4.90 Å². The number of para-hydroxylation sites is 1. The molecule has 1 aliphatic rings. The molecule has 0 spiro atoms. The molecule has 5 rings (SSSR count). The molecule has 0 N–H and O–H groups in total. The van der Waals surface area contributed by atoms with Gasteiger partial charge < -0.3 is 9.47 Å². The van der Waals surface area contributed by atoms with Crippen LogP contribution in [0, 0.1) is 0 Å². The third-order valence-electron chi connectivity index (χ3n) is 6.65. The zero-order valence-corrected chi connectivity index (χ0v) is 20.4. The predicted molar refractivity (Wildman–Crippen MR) is 139 cm³/mol. The molecule has 0 atom stereocenters. The van der Waals surface area contributed by atoms with E-state index in [-0.39, 0.29) is 0 Å². The van der Waals surface area contributed by atoms with Crippen molar-refractivity contribution < 1.29 is 0 Å². The SMILES string of the molecule is CCCCn1c(CCN2CCN(c3ccccc3)CC2)nc2c(Br)cc3ccccc3c21. The van der Waals surface area contributed by atoms with Crippen LogP contribution in [0.3, 0.4) is 0 Å². The minimum absolute atomic E-state index is 0.991. The number of benzene rings is 3. The van der Waals surface area contributed by atoms with Crippen molar-refractivity contribution in [2.75, 3.05) is 37.6 Å². The first-order chi connectivity index (χ1) is 15.7. The van der Waals surface area contributed by atoms with E-state index in [0.717, 1.165) is 55.7 Å². The van der Waals surface area contributed by atoms with Gasteiger partial charge in [0.1, 0.15) is 11.3 Å². The zero-order valence-electron chi connectivity index (χ0n) is 18.8. The van der Waals surface area contributed by atoms with Gasteiger partial charge in [-0.05, 0) is 45.9 Å². The molecule has 1 fully saturated rings. The standard InChI is InChI=1S/C27H31BrN4/c1-2-3-14-32-25(29-26-24(28)20-21-9-7-8-12-23(21)27(26)32)13-15-30-16-18-31(19-17-30)22-10-5-4-6-11-22/h4-12,20H,2-3,13-19H2,1H3. The summed E-state index contributed by atoms with van der Waals surface area (Å²) in [6.45, 7) is 8.75. The van der Waals surface area contributed by atoms with Crippen LogP contribution in [0.1, 0.15) is 25.6 Å². The Morgan fingerprint density at radius 2 is 1.66 bits per heavy atom. The molecule has 1 aromatic heterocycles. The number of unbranched alkanes of at least 4 members (excludes halogenated alkanes) is 1. The van der Waals surface area contributed by atoms with Crippen LogP contribution in [0.5, 0.6) is 0 Å². The van der Waals surface area contributed by atoms with Crippen molar-refractivity contribution in [2.24, 2.45) is 0 Å². The van der Waals surface area contributed by atoms with Crippen molar-refractivity contribution >= 4 is 43.4 Å². The molecule has 0 radical (unpaired) electrons. The van der Waals surface area contributed by atoms with Crippen LogP contribution in [0.25, 0.3) is 21.8 Å². The Balaban J connectivity index is 1.36. The van der Waals surface area contributed by atoms with Crippen LogP contribution >= 0.6 is 15.9 Å². The molecule has 0 unspecified atom stereocenters. The fourth-order valence-corrected chi connectivity index (χ4v) is 5.38. The Labute approximate surface area is 199 Å². The second-order valence-corrected chi connectivity index (χ2v) is 9.58. The smallest absolute Gasteiger partial charge is 0.111 e. The summed E-state index contributed by atoms with van der Waals surface area (Å²) in [4.78, 5) is 10.2. The summed E-state index contributed by atoms with van der Waals surface area (Å²) in [6, 6.07) is 21.7. The predicted octanol–water partition coefficient (Wildman–Crippen LogP) is 6.12. The number of piperazine rings is 1. The topological polar surface area (TPSA) is 24.3 Å². The molecule has 5 heteroatoms. The highest BCUT2D eigenvalue weighted by Gasteiger charge is 2.20. The average Bonchev–Trinajstić information content (AvgIpc) is 3.21. The molecule has 4 nitrogen and oxygen atoms in total. The fraction of sp³-hybridized carbons (Fsp3) is 0.370. The van der Waals surface area contributed by atoms with E-state index < -0.39 is 0 Å². The molecule has 0 saturated carbocycles. The normalized spacial score (nSPS) is 15.1. The number of imidazole rings is 1. The van der Waals surface area contributed by atoms with Gasteiger partial charge >= 0.3 is 0 Å². The molecule has 32 heavy (non-hydrogen) atoms. The number of hydrogen-bond acceptors (Lipinski definition) is 3. The van der Waals surface area contributed by atoms with E-state index >= 15 is 0 Å². The molecule has 0 amide bonds. The van der Waals surface area contributed by atoms with Crippen molar-refractivity contribution in [1.82, 2.24) is 14.5 Å². The minimum Gasteiger partial charge on any atom is -0.369 e. The van der Waals surface area contributed by atoms with E-state index in [4.69, 9.17) is 4.98 Å². The Bertz CT molecular complexity index is 1190. The van der Waals surface area contributed by atoms with Gasteiger partial charge in [0, 0.05) is 61.2 Å². The number of fused-ring (bicyclic) bond motifs is 3. The number of nitrogens with zero attached hydrogens (tertiary/aromatic N) is 4. The summed E-state index contributed by atoms with van der Waals surface area (Å²) in [5.41, 5.74) is 3.72. The Kier molecular flexibility index (Phi) is 6.47. The third kappa shape index (κ3) is 4.28. The molecule has 4 aromatic rings. The molecule has 1 saturated heterocycles. The summed E-state index contributed by atoms with van der Waals surface area (Å²) in [7, 11) is 0. The van der Waals surface area contributed by atoms with E-state index in [1.807, 2.05) is 0 Å². The quantitative estimate of drug-likeness (QED) is 0.312. The molecule has 0 bridgehead atoms. The molecular formula is C27H31BrN4. The lowest BCUT2D eigenvalue weighted by Crippen LogP contribution is -2.47. The number of aromatic nitrogens is 2. The van der Waals surface area contributed by atoms with Gasteiger partial charge in [-0.3, -0.25) is 4.90 Å². The molecule has 3 aromatic carbocycles. The van der Waals surface area contributed by atoms with E-state index in [1.54, 1.807) is 0 Å². The third-order valence-corrected chi connectivity index (χ3v) is 7.26. The average molecular weight is 491 g/mol. The summed E-state index contributed by atoms with van der Waals surface area (Å²) in [5.74, 6) is 1.22. The number of rotatable bonds is 7. The highest BCUT2D eigenvalue weighted by atomic mass is 79.9. The lowest BCUT2D eigenvalue weighted by atomic mass is 10.1. The summed E-state index contributed by atoms with van der Waals surface area (Å²) in [5, 5.41) is 2.57. The summed E-state index contributed by atoms with van der Waals surface area (Å²) < 4.78 is 3.59. The minimum atomic E-state index is 0.991. The maximum absolute atomic E-state index is 5.14. The van der Waals surface area contributed by atoms with Gasteiger partial charge in [0.2, 0.25) is 0 Å². The van der Waals surface area contributed by atoms with Crippen LogP contribution in [0.2, 0.25) is 0 Å². The Morgan fingerprint density at radius 1 is 0.906 bits per heavy atom. The van der Waals surface area contributed by atoms with Crippen LogP contribution in [0.15, 0.2) is 65.1 Å². The van der Waals surface area contributed by atoms with Crippen molar-refractivity contribution in [1.29, 1.82) is 0 Å². The molecule has 1 aliphatic heterocycles. The summed E-state index contributed by atoms with van der Waals surface area (Å²) >= 11 is 3.80. The van der Waals surface area contributed by atoms with Crippen molar-refractivity contribution in [2.45, 2.75) is 32.7 Å². The van der Waals surface area contributed by atoms with Crippen molar-refractivity contribution in [3.63, 3.8) is 0 Å². The number of hydrogen-bond donors (Lipinski definition) is 0. The van der Waals surface area contributed by atoms with E-state index in [1.165, 1.54) is 40.6 Å². The maximum Gasteiger partial charge on any atom is 0.111 e. The van der Waals surface area contributed by atoms with Gasteiger partial charge in [0.25, 0.3) is 0 Å². The molecular weight excluding hydrogens is 460 g/mol. The first-order valence-electron chi connectivity index (χ1n) is 11.8. The van der Waals surface area contributed by atoms with Crippen LogP contribution in [0.4, 0.5) is 5.69 Å². The van der Waals surface area contributed by atoms with Crippen molar-refractivity contribution in [3.05, 3.63) is 71.0 Å². The van der Waals surface area contributed by atoms with Crippen LogP contribution in [-0.2, 0) is 13.0 Å². The van der Waals surface area contributed by atoms with Gasteiger partial charge in [0.15, 0.2) is 0 Å². The van der Waals surface area contributed by atoms with E-state index in [0.29, 0.717) is 0 Å². The van der Waals surface area contributed by atoms with Gasteiger partial charge in [-0.1, -0.05) is 55.8 Å². The van der Waals surface area contributed by atoms with Gasteiger partial charge in [-0.2, -0.15) is 0 Å². The highest BCUT2D eigenvalue weighted by Crippen LogP contribution is 2.33. The Morgan fingerprint density at radius 3 is 2.44 bits per heavy atom. The maximum atomic E-state index is 5.14. The van der Waals surface area contributed by atoms with E-state index in [9.17, 15) is 0 Å². The molecule has 166 valence electrons. The van der Waals surface area contributed by atoms with Gasteiger partial charge in [-0.25, -0.2) is 4.98 Å². The highest BCUT2D eigenvalue weighted by molar-refractivity contribution is 9.10.